The van der Waals surface area contributed by atoms with Crippen molar-refractivity contribution in [3.63, 3.8) is 0 Å². The second-order valence-corrected chi connectivity index (χ2v) is 20.3. The molecule has 0 aromatic heterocycles. The molecule has 0 unspecified atom stereocenters. The Labute approximate surface area is 374 Å². The molecule has 8 aromatic rings. The van der Waals surface area contributed by atoms with Gasteiger partial charge in [0.1, 0.15) is 39.1 Å². The van der Waals surface area contributed by atoms with E-state index in [1.807, 2.05) is 36.4 Å². The molecule has 0 bridgehead atoms. The van der Waals surface area contributed by atoms with Crippen LogP contribution < -0.4 is 65.8 Å². The molecule has 0 spiro atoms. The van der Waals surface area contributed by atoms with Crippen molar-refractivity contribution < 1.29 is 34.0 Å². The van der Waals surface area contributed by atoms with E-state index >= 15 is 0 Å². The second-order valence-electron chi connectivity index (χ2n) is 13.6. The minimum absolute atomic E-state index is 0. The van der Waals surface area contributed by atoms with Crippen molar-refractivity contribution in [2.45, 2.75) is 12.8 Å². The zero-order valence-electron chi connectivity index (χ0n) is 32.9. The minimum atomic E-state index is -2.08. The summed E-state index contributed by atoms with van der Waals surface area (Å²) in [5.74, 6) is 10.2. The average Bonchev–Trinajstić information content (AvgIpc) is 3.31. The zero-order valence-corrected chi connectivity index (χ0v) is 37.8. The number of rotatable bonds is 9. The summed E-state index contributed by atoms with van der Waals surface area (Å²) < 4.78 is 0. The third kappa shape index (κ3) is 11.3. The lowest BCUT2D eigenvalue weighted by molar-refractivity contribution is -0.001000. The van der Waals surface area contributed by atoms with Crippen LogP contribution >= 0.6 is 14.5 Å². The summed E-state index contributed by atoms with van der Waals surface area (Å²) in [4.78, 5) is 0. The van der Waals surface area contributed by atoms with Crippen LogP contribution in [-0.2, 0) is 0 Å². The predicted octanol–water partition coefficient (Wildman–Crippen LogP) is 4.81. The van der Waals surface area contributed by atoms with E-state index in [1.54, 1.807) is 0 Å². The van der Waals surface area contributed by atoms with Gasteiger partial charge in [-0.25, -0.2) is 0 Å². The van der Waals surface area contributed by atoms with E-state index in [0.717, 1.165) is 30.1 Å². The van der Waals surface area contributed by atoms with E-state index in [1.165, 1.54) is 31.8 Å². The molecule has 0 nitrogen and oxygen atoms in total. The van der Waals surface area contributed by atoms with E-state index < -0.39 is 14.5 Å². The second kappa shape index (κ2) is 23.3. The van der Waals surface area contributed by atoms with Gasteiger partial charge in [-0.3, -0.25) is 0 Å². The molecule has 4 heteroatoms. The van der Waals surface area contributed by atoms with Gasteiger partial charge in [0, 0.05) is 17.5 Å². The van der Waals surface area contributed by atoms with Crippen molar-refractivity contribution in [2.24, 2.45) is 0 Å². The summed E-state index contributed by atoms with van der Waals surface area (Å²) in [6, 6.07) is 85.9. The van der Waals surface area contributed by atoms with Crippen LogP contribution in [0.2, 0.25) is 0 Å². The van der Waals surface area contributed by atoms with Gasteiger partial charge >= 0.3 is 0 Å². The Balaban J connectivity index is 0.000000218. The van der Waals surface area contributed by atoms with Gasteiger partial charge in [-0.15, -0.1) is 0 Å². The largest absolute Gasteiger partial charge is 1.00 e. The first-order chi connectivity index (χ1) is 28.3. The lowest BCUT2D eigenvalue weighted by Crippen LogP contribution is -3.00. The molecule has 8 aromatic carbocycles. The third-order valence-corrected chi connectivity index (χ3v) is 18.2. The molecule has 0 saturated carbocycles. The quantitative estimate of drug-likeness (QED) is 0.111. The molecule has 0 amide bonds. The molecule has 0 atom stereocenters. The molecule has 0 saturated heterocycles. The molecule has 0 radical (unpaired) electrons. The van der Waals surface area contributed by atoms with E-state index in [-0.39, 0.29) is 34.0 Å². The summed E-state index contributed by atoms with van der Waals surface area (Å²) in [5.41, 5.74) is 5.90. The van der Waals surface area contributed by atoms with Crippen molar-refractivity contribution in [2.75, 3.05) is 6.16 Å². The van der Waals surface area contributed by atoms with E-state index in [2.05, 4.69) is 230 Å². The van der Waals surface area contributed by atoms with Crippen LogP contribution in [0, 0.1) is 23.4 Å². The molecule has 8 rings (SSSR count). The fourth-order valence-electron chi connectivity index (χ4n) is 7.24. The minimum Gasteiger partial charge on any atom is -1.00 e. The van der Waals surface area contributed by atoms with Gasteiger partial charge in [0.25, 0.3) is 0 Å². The van der Waals surface area contributed by atoms with Crippen LogP contribution in [0.5, 0.6) is 0 Å². The molecule has 0 fully saturated rings. The first-order valence-electron chi connectivity index (χ1n) is 19.5. The number of benzene rings is 8. The number of halogens is 2. The maximum atomic E-state index is 3.76. The molecule has 0 aliphatic heterocycles. The molecule has 290 valence electrons. The normalized spacial score (nSPS) is 10.4. The molecule has 0 heterocycles. The summed E-state index contributed by atoms with van der Waals surface area (Å²) in [5, 5.41) is 8.18. The summed E-state index contributed by atoms with van der Waals surface area (Å²) in [7, 11) is -3.81. The van der Waals surface area contributed by atoms with Gasteiger partial charge in [-0.1, -0.05) is 157 Å². The number of hydrogen-bond donors (Lipinski definition) is 0. The van der Waals surface area contributed by atoms with E-state index in [9.17, 15) is 0 Å². The highest BCUT2D eigenvalue weighted by atomic mass is 79.9. The SMILES string of the molecule is C(#C[P+](c1ccccc1)(c1ccccc1)c1ccccc1)c1ccccc1.C(#Cc1ccccc1)CCC[P+](c1ccccc1)(c1ccccc1)c1ccccc1.[Br-].[Br-]. The Kier molecular flexibility index (Phi) is 17.7. The van der Waals surface area contributed by atoms with Gasteiger partial charge in [-0.05, 0) is 109 Å². The monoisotopic (exact) mass is 926 g/mol. The van der Waals surface area contributed by atoms with Crippen LogP contribution in [0.3, 0.4) is 0 Å². The van der Waals surface area contributed by atoms with Gasteiger partial charge in [0.2, 0.25) is 0 Å². The molecule has 59 heavy (non-hydrogen) atoms. The average molecular weight is 929 g/mol. The van der Waals surface area contributed by atoms with Crippen LogP contribution in [-0.4, -0.2) is 6.16 Å². The fraction of sp³-hybridized carbons (Fsp3) is 0.0545. The zero-order chi connectivity index (χ0) is 38.9. The van der Waals surface area contributed by atoms with Crippen molar-refractivity contribution in [1.82, 2.24) is 0 Å². The Morgan fingerprint density at radius 1 is 0.305 bits per heavy atom. The Morgan fingerprint density at radius 2 is 0.576 bits per heavy atom. The lowest BCUT2D eigenvalue weighted by atomic mass is 10.2. The topological polar surface area (TPSA) is 0 Å². The molecule has 0 N–H and O–H groups in total. The highest BCUT2D eigenvalue weighted by molar-refractivity contribution is 7.99. The van der Waals surface area contributed by atoms with Gasteiger partial charge in [0.15, 0.2) is 7.26 Å². The fourth-order valence-corrected chi connectivity index (χ4v) is 15.0. The van der Waals surface area contributed by atoms with Gasteiger partial charge < -0.3 is 34.0 Å². The van der Waals surface area contributed by atoms with Crippen LogP contribution in [0.25, 0.3) is 0 Å². The molecular weight excluding hydrogens is 882 g/mol. The smallest absolute Gasteiger partial charge is 0.189 e. The highest BCUT2D eigenvalue weighted by Crippen LogP contribution is 2.56. The standard InChI is InChI=1S/C29H26P.C26H20P.2BrH/c1-6-16-26(17-7-1)18-8-5-15-25-30(27-19-9-2-10-20-27,28-21-11-3-12-22-28)29-23-13-4-14-24-29;1-5-13-23(14-6-1)21-22-27(24-15-7-2-8-16-24,25-17-9-3-10-18-25)26-19-11-4-12-20-26;;/h1-4,6-7,9-14,16-17,19-24H,5,15,25H2;1-20H;2*1H/q2*+1;;/p-2. The lowest BCUT2D eigenvalue weighted by Gasteiger charge is -2.27. The highest BCUT2D eigenvalue weighted by Gasteiger charge is 2.45. The van der Waals surface area contributed by atoms with Crippen molar-refractivity contribution in [3.8, 4) is 23.4 Å². The predicted molar refractivity (Wildman–Crippen MR) is 251 cm³/mol. The maximum absolute atomic E-state index is 3.76. The summed E-state index contributed by atoms with van der Waals surface area (Å²) in [6.45, 7) is 0. The van der Waals surface area contributed by atoms with Crippen molar-refractivity contribution in [1.29, 1.82) is 0 Å². The maximum Gasteiger partial charge on any atom is 0.189 e. The van der Waals surface area contributed by atoms with Crippen molar-refractivity contribution in [3.05, 3.63) is 254 Å². The van der Waals surface area contributed by atoms with Gasteiger partial charge in [-0.2, -0.15) is 0 Å². The molecule has 0 aliphatic carbocycles. The van der Waals surface area contributed by atoms with Crippen molar-refractivity contribution >= 4 is 46.4 Å². The van der Waals surface area contributed by atoms with Crippen LogP contribution in [0.4, 0.5) is 0 Å². The summed E-state index contributed by atoms with van der Waals surface area (Å²) >= 11 is 0. The number of hydrogen-bond acceptors (Lipinski definition) is 0. The first-order valence-corrected chi connectivity index (χ1v) is 23.3. The Bertz CT molecular complexity index is 2320. The summed E-state index contributed by atoms with van der Waals surface area (Å²) in [6.07, 6.45) is 3.10. The number of unbranched alkanes of at least 4 members (excludes halogenated alkanes) is 1. The first kappa shape index (κ1) is 44.8. The van der Waals surface area contributed by atoms with Crippen LogP contribution in [0.1, 0.15) is 24.0 Å². The third-order valence-electron chi connectivity index (χ3n) is 9.96. The van der Waals surface area contributed by atoms with E-state index in [0.29, 0.717) is 0 Å². The Morgan fingerprint density at radius 3 is 0.898 bits per heavy atom. The van der Waals surface area contributed by atoms with Gasteiger partial charge in [0.05, 0.1) is 11.8 Å². The molecule has 0 aliphatic rings. The molecular formula is C55H46Br2P2. The Hall–Kier alpha value is -5.30. The van der Waals surface area contributed by atoms with E-state index in [4.69, 9.17) is 0 Å². The van der Waals surface area contributed by atoms with Crippen LogP contribution in [0.15, 0.2) is 243 Å².